The Morgan fingerprint density at radius 2 is 2.22 bits per heavy atom. The van der Waals surface area contributed by atoms with Crippen molar-refractivity contribution in [2.75, 3.05) is 12.8 Å². The number of anilines is 1. The van der Waals surface area contributed by atoms with Crippen molar-refractivity contribution in [2.45, 2.75) is 31.9 Å². The molecule has 5 nitrogen and oxygen atoms in total. The van der Waals surface area contributed by atoms with E-state index >= 15 is 0 Å². The molecule has 3 N–H and O–H groups in total. The maximum atomic E-state index is 12.6. The van der Waals surface area contributed by atoms with E-state index in [0.717, 1.165) is 11.3 Å². The van der Waals surface area contributed by atoms with Crippen molar-refractivity contribution in [1.82, 2.24) is 5.32 Å². The van der Waals surface area contributed by atoms with Gasteiger partial charge in [-0.1, -0.05) is 0 Å². The summed E-state index contributed by atoms with van der Waals surface area (Å²) in [6.07, 6.45) is 0.670. The largest absolute Gasteiger partial charge is 0.495 e. The van der Waals surface area contributed by atoms with E-state index in [1.807, 2.05) is 31.4 Å². The fourth-order valence-corrected chi connectivity index (χ4v) is 3.61. The van der Waals surface area contributed by atoms with Gasteiger partial charge in [0.1, 0.15) is 22.0 Å². The molecule has 1 aliphatic rings. The summed E-state index contributed by atoms with van der Waals surface area (Å²) >= 11 is 1.36. The van der Waals surface area contributed by atoms with Crippen LogP contribution in [-0.2, 0) is 0 Å². The van der Waals surface area contributed by atoms with Crippen LogP contribution in [0.1, 0.15) is 41.5 Å². The van der Waals surface area contributed by atoms with Gasteiger partial charge in [0, 0.05) is 17.7 Å². The van der Waals surface area contributed by atoms with Gasteiger partial charge < -0.3 is 20.5 Å². The highest BCUT2D eigenvalue weighted by Crippen LogP contribution is 2.40. The van der Waals surface area contributed by atoms with Gasteiger partial charge >= 0.3 is 0 Å². The number of hydrogen-bond acceptors (Lipinski definition) is 5. The summed E-state index contributed by atoms with van der Waals surface area (Å²) in [5.41, 5.74) is 7.10. The molecule has 2 heterocycles. The number of amides is 1. The van der Waals surface area contributed by atoms with Crippen molar-refractivity contribution in [1.29, 1.82) is 0 Å². The summed E-state index contributed by atoms with van der Waals surface area (Å²) in [4.78, 5) is 13.2. The lowest BCUT2D eigenvalue weighted by Crippen LogP contribution is -2.41. The third-order valence-corrected chi connectivity index (χ3v) is 4.75. The molecule has 1 amide bonds. The summed E-state index contributed by atoms with van der Waals surface area (Å²) in [5.74, 6) is 1.21. The molecule has 1 unspecified atom stereocenters. The van der Waals surface area contributed by atoms with Crippen LogP contribution >= 0.6 is 11.3 Å². The first-order valence-electron chi connectivity index (χ1n) is 7.40. The molecule has 0 radical (unpaired) electrons. The second-order valence-electron chi connectivity index (χ2n) is 6.21. The van der Waals surface area contributed by atoms with E-state index in [2.05, 4.69) is 5.32 Å². The molecule has 1 aliphatic heterocycles. The minimum atomic E-state index is -0.361. The van der Waals surface area contributed by atoms with Gasteiger partial charge in [-0.05, 0) is 43.5 Å². The summed E-state index contributed by atoms with van der Waals surface area (Å²) in [6, 6.07) is 7.16. The van der Waals surface area contributed by atoms with Crippen molar-refractivity contribution in [3.63, 3.8) is 0 Å². The van der Waals surface area contributed by atoms with E-state index in [-0.39, 0.29) is 17.6 Å². The first kappa shape index (κ1) is 15.7. The highest BCUT2D eigenvalue weighted by atomic mass is 32.1. The fraction of sp³-hybridized carbons (Fsp3) is 0.353. The average molecular weight is 332 g/mol. The van der Waals surface area contributed by atoms with Crippen LogP contribution in [0, 0.1) is 0 Å². The Hall–Kier alpha value is -2.21. The van der Waals surface area contributed by atoms with Gasteiger partial charge in [-0.2, -0.15) is 0 Å². The predicted octanol–water partition coefficient (Wildman–Crippen LogP) is 3.37. The smallest absolute Gasteiger partial charge is 0.265 e. The number of fused-ring (bicyclic) bond motifs is 1. The number of rotatable bonds is 3. The standard InChI is InChI=1S/C17H20N2O3S/c1-17(2)9-12(11-8-10(18)4-5-13(11)22-17)19-16(20)15-14(21-3)6-7-23-15/h4-8,12H,9,18H2,1-3H3,(H,19,20). The van der Waals surface area contributed by atoms with Crippen LogP contribution in [0.4, 0.5) is 5.69 Å². The molecule has 2 aromatic rings. The van der Waals surface area contributed by atoms with Crippen LogP contribution in [0.2, 0.25) is 0 Å². The molecule has 23 heavy (non-hydrogen) atoms. The number of benzene rings is 1. The molecule has 6 heteroatoms. The van der Waals surface area contributed by atoms with Crippen LogP contribution in [0.3, 0.4) is 0 Å². The number of thiophene rings is 1. The lowest BCUT2D eigenvalue weighted by molar-refractivity contribution is 0.0620. The second-order valence-corrected chi connectivity index (χ2v) is 7.12. The van der Waals surface area contributed by atoms with Crippen molar-refractivity contribution in [2.24, 2.45) is 0 Å². The highest BCUT2D eigenvalue weighted by Gasteiger charge is 2.35. The Bertz CT molecular complexity index is 739. The Balaban J connectivity index is 1.90. The molecule has 3 rings (SSSR count). The average Bonchev–Trinajstić information content (AvgIpc) is 2.96. The SMILES string of the molecule is COc1ccsc1C(=O)NC1CC(C)(C)Oc2ccc(N)cc21. The van der Waals surface area contributed by atoms with E-state index < -0.39 is 0 Å². The molecule has 0 fully saturated rings. The molecule has 1 aromatic carbocycles. The lowest BCUT2D eigenvalue weighted by atomic mass is 9.89. The Morgan fingerprint density at radius 1 is 1.43 bits per heavy atom. The topological polar surface area (TPSA) is 73.6 Å². The van der Waals surface area contributed by atoms with Crippen LogP contribution in [-0.4, -0.2) is 18.6 Å². The molecule has 0 saturated heterocycles. The van der Waals surface area contributed by atoms with Gasteiger partial charge in [-0.25, -0.2) is 0 Å². The molecular weight excluding hydrogens is 312 g/mol. The first-order valence-corrected chi connectivity index (χ1v) is 8.28. The van der Waals surface area contributed by atoms with Crippen LogP contribution in [0.25, 0.3) is 0 Å². The number of carbonyl (C=O) groups excluding carboxylic acids is 1. The summed E-state index contributed by atoms with van der Waals surface area (Å²) in [6.45, 7) is 4.02. The van der Waals surface area contributed by atoms with Crippen LogP contribution in [0.5, 0.6) is 11.5 Å². The first-order chi connectivity index (χ1) is 10.9. The molecule has 0 bridgehead atoms. The number of carbonyl (C=O) groups is 1. The molecule has 1 aromatic heterocycles. The summed E-state index contributed by atoms with van der Waals surface area (Å²) in [7, 11) is 1.56. The predicted molar refractivity (Wildman–Crippen MR) is 91.3 cm³/mol. The van der Waals surface area contributed by atoms with E-state index in [4.69, 9.17) is 15.2 Å². The zero-order chi connectivity index (χ0) is 16.6. The summed E-state index contributed by atoms with van der Waals surface area (Å²) in [5, 5.41) is 4.93. The second kappa shape index (κ2) is 5.77. The normalized spacial score (nSPS) is 18.7. The zero-order valence-electron chi connectivity index (χ0n) is 13.4. The van der Waals surface area contributed by atoms with E-state index in [0.29, 0.717) is 22.7 Å². The van der Waals surface area contributed by atoms with Gasteiger partial charge in [0.2, 0.25) is 0 Å². The van der Waals surface area contributed by atoms with E-state index in [1.54, 1.807) is 19.2 Å². The fourth-order valence-electron chi connectivity index (χ4n) is 2.85. The number of nitrogen functional groups attached to an aromatic ring is 1. The highest BCUT2D eigenvalue weighted by molar-refractivity contribution is 7.12. The maximum absolute atomic E-state index is 12.6. The maximum Gasteiger partial charge on any atom is 0.265 e. The van der Waals surface area contributed by atoms with Crippen LogP contribution < -0.4 is 20.5 Å². The van der Waals surface area contributed by atoms with E-state index in [9.17, 15) is 4.79 Å². The van der Waals surface area contributed by atoms with Gasteiger partial charge in [0.15, 0.2) is 0 Å². The molecule has 0 aliphatic carbocycles. The van der Waals surface area contributed by atoms with Crippen LogP contribution in [0.15, 0.2) is 29.6 Å². The Morgan fingerprint density at radius 3 is 2.96 bits per heavy atom. The number of hydrogen-bond donors (Lipinski definition) is 2. The molecule has 1 atom stereocenters. The molecule has 122 valence electrons. The van der Waals surface area contributed by atoms with Gasteiger partial charge in [0.25, 0.3) is 5.91 Å². The number of nitrogens with one attached hydrogen (secondary N) is 1. The van der Waals surface area contributed by atoms with Gasteiger partial charge in [-0.3, -0.25) is 4.79 Å². The summed E-state index contributed by atoms with van der Waals surface area (Å²) < 4.78 is 11.2. The van der Waals surface area contributed by atoms with Gasteiger partial charge in [-0.15, -0.1) is 11.3 Å². The number of nitrogens with two attached hydrogens (primary N) is 1. The third kappa shape index (κ3) is 3.12. The molecule has 0 saturated carbocycles. The number of ether oxygens (including phenoxy) is 2. The minimum Gasteiger partial charge on any atom is -0.495 e. The third-order valence-electron chi connectivity index (χ3n) is 3.85. The Labute approximate surface area is 139 Å². The van der Waals surface area contributed by atoms with Crippen molar-refractivity contribution in [3.05, 3.63) is 40.1 Å². The Kier molecular flexibility index (Phi) is 3.93. The van der Waals surface area contributed by atoms with Gasteiger partial charge in [0.05, 0.1) is 13.2 Å². The molecule has 0 spiro atoms. The molecular formula is C17H20N2O3S. The minimum absolute atomic E-state index is 0.145. The van der Waals surface area contributed by atoms with Crippen molar-refractivity contribution < 1.29 is 14.3 Å². The lowest BCUT2D eigenvalue weighted by Gasteiger charge is -2.38. The number of methoxy groups -OCH3 is 1. The van der Waals surface area contributed by atoms with Crippen molar-refractivity contribution in [3.8, 4) is 11.5 Å². The quantitative estimate of drug-likeness (QED) is 0.845. The zero-order valence-corrected chi connectivity index (χ0v) is 14.2. The van der Waals surface area contributed by atoms with E-state index in [1.165, 1.54) is 11.3 Å². The van der Waals surface area contributed by atoms with Crippen molar-refractivity contribution >= 4 is 22.9 Å². The monoisotopic (exact) mass is 332 g/mol.